The molecule has 0 unspecified atom stereocenters. The summed E-state index contributed by atoms with van der Waals surface area (Å²) in [6.07, 6.45) is 2.46. The van der Waals surface area contributed by atoms with Gasteiger partial charge in [-0.15, -0.1) is 11.8 Å². The summed E-state index contributed by atoms with van der Waals surface area (Å²) in [6.45, 7) is 1.89. The smallest absolute Gasteiger partial charge is 0.330 e. The number of carbonyl (C=O) groups excluding carboxylic acids is 1. The molecule has 25 heavy (non-hydrogen) atoms. The van der Waals surface area contributed by atoms with Crippen molar-refractivity contribution in [2.24, 2.45) is 14.1 Å². The summed E-state index contributed by atoms with van der Waals surface area (Å²) in [6, 6.07) is 0.0990. The molecule has 0 spiro atoms. The third kappa shape index (κ3) is 3.98. The standard InChI is InChI=1S/C16H24N4O3S2/c1-18-8-11(14(21)19(2)16(18)23)9-20(12-3-4-17-7-12)15(22)13-10-24-5-6-25-13/h8,12-13,17H,3-7,9-10H2,1-2H3/t12-,13+/m1/s1. The third-order valence-electron chi connectivity index (χ3n) is 4.71. The molecule has 9 heteroatoms. The molecule has 1 N–H and O–H groups in total. The largest absolute Gasteiger partial charge is 0.333 e. The van der Waals surface area contributed by atoms with Crippen LogP contribution in [0, 0.1) is 0 Å². The molecule has 3 rings (SSSR count). The van der Waals surface area contributed by atoms with Crippen LogP contribution in [0.3, 0.4) is 0 Å². The second-order valence-corrected chi connectivity index (χ2v) is 8.92. The van der Waals surface area contributed by atoms with E-state index in [1.165, 1.54) is 11.6 Å². The lowest BCUT2D eigenvalue weighted by atomic mass is 10.1. The van der Waals surface area contributed by atoms with Gasteiger partial charge in [0.1, 0.15) is 0 Å². The van der Waals surface area contributed by atoms with Gasteiger partial charge in [0.05, 0.1) is 17.4 Å². The summed E-state index contributed by atoms with van der Waals surface area (Å²) in [7, 11) is 3.10. The van der Waals surface area contributed by atoms with Crippen LogP contribution in [0.15, 0.2) is 15.8 Å². The zero-order chi connectivity index (χ0) is 18.0. The van der Waals surface area contributed by atoms with Crippen molar-refractivity contribution in [3.63, 3.8) is 0 Å². The predicted octanol–water partition coefficient (Wildman–Crippen LogP) is -0.377. The number of amides is 1. The van der Waals surface area contributed by atoms with Gasteiger partial charge in [-0.05, 0) is 13.0 Å². The SMILES string of the molecule is Cn1cc(CN(C(=O)[C@@H]2CSCCS2)[C@@H]2CCNC2)c(=O)n(C)c1=O. The quantitative estimate of drug-likeness (QED) is 0.763. The Bertz CT molecular complexity index is 749. The summed E-state index contributed by atoms with van der Waals surface area (Å²) < 4.78 is 2.51. The zero-order valence-electron chi connectivity index (χ0n) is 14.6. The molecule has 1 amide bonds. The molecular formula is C16H24N4O3S2. The lowest BCUT2D eigenvalue weighted by molar-refractivity contribution is -0.132. The van der Waals surface area contributed by atoms with E-state index in [0.29, 0.717) is 5.56 Å². The summed E-state index contributed by atoms with van der Waals surface area (Å²) >= 11 is 3.52. The molecule has 0 aliphatic carbocycles. The number of aryl methyl sites for hydroxylation is 1. The number of aromatic nitrogens is 2. The molecule has 2 fully saturated rings. The van der Waals surface area contributed by atoms with Crippen LogP contribution in [-0.2, 0) is 25.4 Å². The first-order valence-electron chi connectivity index (χ1n) is 8.45. The Morgan fingerprint density at radius 2 is 2.16 bits per heavy atom. The van der Waals surface area contributed by atoms with Crippen molar-refractivity contribution >= 4 is 29.4 Å². The maximum atomic E-state index is 13.1. The molecule has 2 atom stereocenters. The monoisotopic (exact) mass is 384 g/mol. The van der Waals surface area contributed by atoms with Crippen molar-refractivity contribution in [1.82, 2.24) is 19.4 Å². The Kier molecular flexibility index (Phi) is 5.96. The molecule has 138 valence electrons. The number of hydrogen-bond donors (Lipinski definition) is 1. The molecule has 7 nitrogen and oxygen atoms in total. The normalized spacial score (nSPS) is 23.6. The van der Waals surface area contributed by atoms with Crippen LogP contribution >= 0.6 is 23.5 Å². The first kappa shape index (κ1) is 18.6. The predicted molar refractivity (Wildman–Crippen MR) is 102 cm³/mol. The maximum absolute atomic E-state index is 13.1. The van der Waals surface area contributed by atoms with Crippen LogP contribution in [0.5, 0.6) is 0 Å². The molecule has 2 aliphatic heterocycles. The highest BCUT2D eigenvalue weighted by Crippen LogP contribution is 2.27. The molecule has 2 saturated heterocycles. The number of nitrogens with one attached hydrogen (secondary N) is 1. The molecule has 0 bridgehead atoms. The van der Waals surface area contributed by atoms with Crippen LogP contribution in [-0.4, -0.2) is 61.6 Å². The Hall–Kier alpha value is -1.19. The van der Waals surface area contributed by atoms with Gasteiger partial charge >= 0.3 is 5.69 Å². The van der Waals surface area contributed by atoms with E-state index in [1.54, 1.807) is 25.0 Å². The van der Waals surface area contributed by atoms with E-state index < -0.39 is 0 Å². The minimum Gasteiger partial charge on any atom is -0.333 e. The topological polar surface area (TPSA) is 76.3 Å². The van der Waals surface area contributed by atoms with Crippen molar-refractivity contribution < 1.29 is 4.79 Å². The van der Waals surface area contributed by atoms with Gasteiger partial charge in [-0.2, -0.15) is 11.8 Å². The molecular weight excluding hydrogens is 360 g/mol. The van der Waals surface area contributed by atoms with Crippen molar-refractivity contribution in [1.29, 1.82) is 0 Å². The van der Waals surface area contributed by atoms with Gasteiger partial charge < -0.3 is 14.8 Å². The van der Waals surface area contributed by atoms with Gasteiger partial charge in [-0.1, -0.05) is 0 Å². The first-order chi connectivity index (χ1) is 12.0. The Balaban J connectivity index is 1.89. The Labute approximate surface area is 155 Å². The van der Waals surface area contributed by atoms with Gasteiger partial charge in [0.2, 0.25) is 5.91 Å². The minimum atomic E-state index is -0.353. The summed E-state index contributed by atoms with van der Waals surface area (Å²) in [5.41, 5.74) is -0.191. The van der Waals surface area contributed by atoms with Crippen molar-refractivity contribution in [3.8, 4) is 0 Å². The molecule has 0 aromatic carbocycles. The summed E-state index contributed by atoms with van der Waals surface area (Å²) in [5, 5.41) is 3.25. The summed E-state index contributed by atoms with van der Waals surface area (Å²) in [4.78, 5) is 39.3. The fraction of sp³-hybridized carbons (Fsp3) is 0.688. The van der Waals surface area contributed by atoms with Gasteiger partial charge in [0.15, 0.2) is 0 Å². The molecule has 2 aliphatic rings. The Morgan fingerprint density at radius 1 is 1.36 bits per heavy atom. The molecule has 1 aromatic heterocycles. The fourth-order valence-corrected chi connectivity index (χ4v) is 5.90. The van der Waals surface area contributed by atoms with Crippen LogP contribution in [0.4, 0.5) is 0 Å². The number of rotatable bonds is 4. The Morgan fingerprint density at radius 3 is 2.80 bits per heavy atom. The number of thioether (sulfide) groups is 2. The van der Waals surface area contributed by atoms with Crippen molar-refractivity contribution in [2.75, 3.05) is 30.3 Å². The van der Waals surface area contributed by atoms with E-state index in [2.05, 4.69) is 5.32 Å². The van der Waals surface area contributed by atoms with Gasteiger partial charge in [-0.25, -0.2) is 4.79 Å². The van der Waals surface area contributed by atoms with Crippen LogP contribution < -0.4 is 16.6 Å². The van der Waals surface area contributed by atoms with Crippen LogP contribution in [0.1, 0.15) is 12.0 Å². The average Bonchev–Trinajstić information content (AvgIpc) is 3.16. The fourth-order valence-electron chi connectivity index (χ4n) is 3.28. The van der Waals surface area contributed by atoms with E-state index in [-0.39, 0.29) is 35.0 Å². The van der Waals surface area contributed by atoms with E-state index in [4.69, 9.17) is 0 Å². The highest BCUT2D eigenvalue weighted by Gasteiger charge is 2.33. The highest BCUT2D eigenvalue weighted by molar-refractivity contribution is 8.07. The molecule has 1 aromatic rings. The highest BCUT2D eigenvalue weighted by atomic mass is 32.2. The van der Waals surface area contributed by atoms with Crippen molar-refractivity contribution in [3.05, 3.63) is 32.6 Å². The first-order valence-corrected chi connectivity index (χ1v) is 10.7. The number of carbonyl (C=O) groups is 1. The minimum absolute atomic E-state index is 0.0456. The van der Waals surface area contributed by atoms with Crippen molar-refractivity contribution in [2.45, 2.75) is 24.3 Å². The van der Waals surface area contributed by atoms with Gasteiger partial charge in [0, 0.05) is 50.1 Å². The lowest BCUT2D eigenvalue weighted by Gasteiger charge is -2.33. The third-order valence-corrected chi connectivity index (χ3v) is 7.45. The van der Waals surface area contributed by atoms with Crippen LogP contribution in [0.2, 0.25) is 0 Å². The maximum Gasteiger partial charge on any atom is 0.330 e. The van der Waals surface area contributed by atoms with Gasteiger partial charge in [-0.3, -0.25) is 14.2 Å². The summed E-state index contributed by atoms with van der Waals surface area (Å²) in [5.74, 6) is 3.01. The van der Waals surface area contributed by atoms with E-state index in [0.717, 1.165) is 41.3 Å². The molecule has 3 heterocycles. The number of hydrogen-bond acceptors (Lipinski definition) is 6. The average molecular weight is 385 g/mol. The molecule has 0 saturated carbocycles. The zero-order valence-corrected chi connectivity index (χ0v) is 16.2. The second kappa shape index (κ2) is 8.01. The van der Waals surface area contributed by atoms with E-state index >= 15 is 0 Å². The second-order valence-electron chi connectivity index (χ2n) is 6.46. The van der Waals surface area contributed by atoms with E-state index in [1.807, 2.05) is 16.7 Å². The molecule has 0 radical (unpaired) electrons. The van der Waals surface area contributed by atoms with Crippen LogP contribution in [0.25, 0.3) is 0 Å². The van der Waals surface area contributed by atoms with E-state index in [9.17, 15) is 14.4 Å². The van der Waals surface area contributed by atoms with Gasteiger partial charge in [0.25, 0.3) is 5.56 Å². The number of nitrogens with zero attached hydrogens (tertiary/aromatic N) is 3. The lowest BCUT2D eigenvalue weighted by Crippen LogP contribution is -2.48.